The van der Waals surface area contributed by atoms with Crippen molar-refractivity contribution in [3.8, 4) is 0 Å². The van der Waals surface area contributed by atoms with E-state index in [0.29, 0.717) is 11.6 Å². The molecule has 3 fully saturated rings. The molecule has 2 aliphatic carbocycles. The first-order chi connectivity index (χ1) is 12.8. The van der Waals surface area contributed by atoms with E-state index in [1.165, 1.54) is 38.5 Å². The maximum Gasteiger partial charge on any atom is 0.255 e. The van der Waals surface area contributed by atoms with Crippen LogP contribution in [0.4, 0.5) is 0 Å². The monoisotopic (exact) mass is 353 g/mol. The largest absolute Gasteiger partial charge is 0.337 e. The molecule has 0 N–H and O–H groups in total. The summed E-state index contributed by atoms with van der Waals surface area (Å²) in [6.45, 7) is 3.79. The van der Waals surface area contributed by atoms with Gasteiger partial charge < -0.3 is 9.47 Å². The van der Waals surface area contributed by atoms with Gasteiger partial charge in [-0.2, -0.15) is 0 Å². The minimum absolute atomic E-state index is 0.105. The number of pyridine rings is 1. The number of hydrogen-bond donors (Lipinski definition) is 0. The molecule has 0 spiro atoms. The highest BCUT2D eigenvalue weighted by atomic mass is 16.2. The predicted molar refractivity (Wildman–Crippen MR) is 100 cm³/mol. The predicted octanol–water partition coefficient (Wildman–Crippen LogP) is 2.86. The fourth-order valence-electron chi connectivity index (χ4n) is 4.61. The lowest BCUT2D eigenvalue weighted by Gasteiger charge is -2.27. The molecule has 0 radical (unpaired) electrons. The van der Waals surface area contributed by atoms with Gasteiger partial charge in [0, 0.05) is 44.5 Å². The van der Waals surface area contributed by atoms with Gasteiger partial charge >= 0.3 is 0 Å². The highest BCUT2D eigenvalue weighted by Gasteiger charge is 2.28. The van der Waals surface area contributed by atoms with Crippen LogP contribution in [0, 0.1) is 0 Å². The second kappa shape index (κ2) is 6.65. The van der Waals surface area contributed by atoms with E-state index in [2.05, 4.69) is 19.4 Å². The lowest BCUT2D eigenvalue weighted by atomic mass is 10.2. The molecular formula is C20H27N5O. The molecule has 0 unspecified atom stereocenters. The van der Waals surface area contributed by atoms with Gasteiger partial charge in [-0.05, 0) is 38.2 Å². The Morgan fingerprint density at radius 3 is 2.58 bits per heavy atom. The van der Waals surface area contributed by atoms with E-state index in [9.17, 15) is 4.79 Å². The van der Waals surface area contributed by atoms with Crippen LogP contribution in [-0.2, 0) is 0 Å². The van der Waals surface area contributed by atoms with Gasteiger partial charge in [-0.25, -0.2) is 9.97 Å². The van der Waals surface area contributed by atoms with Gasteiger partial charge in [0.2, 0.25) is 0 Å². The Morgan fingerprint density at radius 2 is 1.77 bits per heavy atom. The van der Waals surface area contributed by atoms with Crippen molar-refractivity contribution in [1.82, 2.24) is 24.3 Å². The highest BCUT2D eigenvalue weighted by molar-refractivity contribution is 5.96. The maximum absolute atomic E-state index is 13.0. The molecule has 2 saturated carbocycles. The van der Waals surface area contributed by atoms with Crippen molar-refractivity contribution < 1.29 is 4.79 Å². The van der Waals surface area contributed by atoms with Crippen molar-refractivity contribution >= 4 is 17.1 Å². The summed E-state index contributed by atoms with van der Waals surface area (Å²) in [4.78, 5) is 26.7. The van der Waals surface area contributed by atoms with Gasteiger partial charge in [0.25, 0.3) is 5.91 Å². The molecule has 138 valence electrons. The number of fused-ring (bicyclic) bond motifs is 1. The minimum atomic E-state index is 0.105. The van der Waals surface area contributed by atoms with Gasteiger partial charge in [-0.15, -0.1) is 0 Å². The summed E-state index contributed by atoms with van der Waals surface area (Å²) < 4.78 is 2.15. The highest BCUT2D eigenvalue weighted by Crippen LogP contribution is 2.36. The number of carbonyl (C=O) groups excluding carboxylic acids is 1. The van der Waals surface area contributed by atoms with Crippen LogP contribution >= 0.6 is 0 Å². The number of aromatic nitrogens is 3. The van der Waals surface area contributed by atoms with Crippen molar-refractivity contribution in [2.45, 2.75) is 57.0 Å². The molecule has 26 heavy (non-hydrogen) atoms. The fraction of sp³-hybridized carbons (Fsp3) is 0.650. The third-order valence-electron chi connectivity index (χ3n) is 6.26. The average Bonchev–Trinajstić information content (AvgIpc) is 3.28. The van der Waals surface area contributed by atoms with E-state index >= 15 is 0 Å². The maximum atomic E-state index is 13.0. The van der Waals surface area contributed by atoms with E-state index in [1.807, 2.05) is 17.3 Å². The molecule has 0 bridgehead atoms. The Balaban J connectivity index is 1.30. The summed E-state index contributed by atoms with van der Waals surface area (Å²) in [5.74, 6) is 0.105. The first-order valence-electron chi connectivity index (χ1n) is 10.2. The van der Waals surface area contributed by atoms with E-state index in [0.717, 1.165) is 49.8 Å². The standard InChI is InChI=1S/C20H27N5O/c26-20(24-9-3-8-23(10-11-24)16-4-1-2-5-16)15-12-18-19(21-13-15)25(14-22-18)17-6-7-17/h12-14,16-17H,1-11H2. The van der Waals surface area contributed by atoms with Crippen LogP contribution in [0.1, 0.15) is 61.3 Å². The van der Waals surface area contributed by atoms with Crippen molar-refractivity contribution in [2.24, 2.45) is 0 Å². The number of amides is 1. The molecule has 6 nitrogen and oxygen atoms in total. The van der Waals surface area contributed by atoms with Crippen LogP contribution in [0.2, 0.25) is 0 Å². The second-order valence-corrected chi connectivity index (χ2v) is 8.07. The summed E-state index contributed by atoms with van der Waals surface area (Å²) in [5, 5.41) is 0. The van der Waals surface area contributed by atoms with Gasteiger partial charge in [0.1, 0.15) is 5.52 Å². The quantitative estimate of drug-likeness (QED) is 0.851. The van der Waals surface area contributed by atoms with Crippen LogP contribution in [-0.4, -0.2) is 62.5 Å². The zero-order chi connectivity index (χ0) is 17.5. The van der Waals surface area contributed by atoms with E-state index in [4.69, 9.17) is 0 Å². The Hall–Kier alpha value is -1.95. The van der Waals surface area contributed by atoms with Gasteiger partial charge in [0.15, 0.2) is 5.65 Å². The van der Waals surface area contributed by atoms with Crippen molar-refractivity contribution in [3.63, 3.8) is 0 Å². The van der Waals surface area contributed by atoms with Crippen LogP contribution in [0.5, 0.6) is 0 Å². The summed E-state index contributed by atoms with van der Waals surface area (Å²) in [6.07, 6.45) is 12.5. The van der Waals surface area contributed by atoms with Gasteiger partial charge in [-0.3, -0.25) is 9.69 Å². The number of nitrogens with zero attached hydrogens (tertiary/aromatic N) is 5. The number of hydrogen-bond acceptors (Lipinski definition) is 4. The molecule has 5 rings (SSSR count). The fourth-order valence-corrected chi connectivity index (χ4v) is 4.61. The topological polar surface area (TPSA) is 54.3 Å². The SMILES string of the molecule is O=C(c1cnc2c(c1)ncn2C1CC1)N1CCCN(C2CCCC2)CC1. The molecule has 1 aliphatic heterocycles. The van der Waals surface area contributed by atoms with E-state index in [1.54, 1.807) is 6.20 Å². The molecular weight excluding hydrogens is 326 g/mol. The molecule has 1 saturated heterocycles. The summed E-state index contributed by atoms with van der Waals surface area (Å²) in [5.41, 5.74) is 2.42. The van der Waals surface area contributed by atoms with Crippen LogP contribution in [0.25, 0.3) is 11.2 Å². The third-order valence-corrected chi connectivity index (χ3v) is 6.26. The molecule has 0 atom stereocenters. The number of carbonyl (C=O) groups is 1. The van der Waals surface area contributed by atoms with Crippen molar-refractivity contribution in [2.75, 3.05) is 26.2 Å². The summed E-state index contributed by atoms with van der Waals surface area (Å²) in [7, 11) is 0. The number of rotatable bonds is 3. The third kappa shape index (κ3) is 3.00. The molecule has 3 aliphatic rings. The number of imidazole rings is 1. The van der Waals surface area contributed by atoms with Crippen LogP contribution < -0.4 is 0 Å². The first kappa shape index (κ1) is 16.2. The molecule has 1 amide bonds. The van der Waals surface area contributed by atoms with Crippen molar-refractivity contribution in [3.05, 3.63) is 24.2 Å². The Labute approximate surface area is 154 Å². The lowest BCUT2D eigenvalue weighted by molar-refractivity contribution is 0.0758. The Bertz CT molecular complexity index is 806. The summed E-state index contributed by atoms with van der Waals surface area (Å²) in [6, 6.07) is 3.22. The van der Waals surface area contributed by atoms with E-state index < -0.39 is 0 Å². The minimum Gasteiger partial charge on any atom is -0.337 e. The lowest BCUT2D eigenvalue weighted by Crippen LogP contribution is -2.38. The van der Waals surface area contributed by atoms with E-state index in [-0.39, 0.29) is 5.91 Å². The molecule has 6 heteroatoms. The zero-order valence-electron chi connectivity index (χ0n) is 15.3. The normalized spacial score (nSPS) is 22.8. The zero-order valence-corrected chi connectivity index (χ0v) is 15.3. The smallest absolute Gasteiger partial charge is 0.255 e. The Kier molecular flexibility index (Phi) is 4.15. The molecule has 3 heterocycles. The molecule has 2 aromatic heterocycles. The summed E-state index contributed by atoms with van der Waals surface area (Å²) >= 11 is 0. The van der Waals surface area contributed by atoms with Crippen molar-refractivity contribution in [1.29, 1.82) is 0 Å². The van der Waals surface area contributed by atoms with Gasteiger partial charge in [0.05, 0.1) is 11.9 Å². The molecule has 2 aromatic rings. The first-order valence-corrected chi connectivity index (χ1v) is 10.2. The second-order valence-electron chi connectivity index (χ2n) is 8.07. The van der Waals surface area contributed by atoms with Crippen LogP contribution in [0.3, 0.4) is 0 Å². The average molecular weight is 353 g/mol. The van der Waals surface area contributed by atoms with Crippen LogP contribution in [0.15, 0.2) is 18.6 Å². The Morgan fingerprint density at radius 1 is 0.923 bits per heavy atom. The molecule has 0 aromatic carbocycles. The van der Waals surface area contributed by atoms with Gasteiger partial charge in [-0.1, -0.05) is 12.8 Å².